The first-order valence-electron chi connectivity index (χ1n) is 5.20. The van der Waals surface area contributed by atoms with Gasteiger partial charge in [0, 0.05) is 7.11 Å². The van der Waals surface area contributed by atoms with Crippen LogP contribution in [0.25, 0.3) is 0 Å². The molecular formula is C13H20O3. The van der Waals surface area contributed by atoms with Crippen molar-refractivity contribution < 1.29 is 14.3 Å². The molecule has 0 saturated heterocycles. The molecule has 0 N–H and O–H groups in total. The van der Waals surface area contributed by atoms with Crippen molar-refractivity contribution in [2.24, 2.45) is 5.92 Å². The van der Waals surface area contributed by atoms with Gasteiger partial charge in [-0.25, -0.2) is 4.79 Å². The fourth-order valence-corrected chi connectivity index (χ4v) is 1.06. The first-order valence-corrected chi connectivity index (χ1v) is 5.20. The Morgan fingerprint density at radius 1 is 1.31 bits per heavy atom. The van der Waals surface area contributed by atoms with Gasteiger partial charge in [0.25, 0.3) is 0 Å². The average Bonchev–Trinajstić information content (AvgIpc) is 2.26. The van der Waals surface area contributed by atoms with E-state index in [1.807, 2.05) is 13.8 Å². The van der Waals surface area contributed by atoms with Crippen molar-refractivity contribution in [3.05, 3.63) is 36.5 Å². The monoisotopic (exact) mass is 224 g/mol. The van der Waals surface area contributed by atoms with Crippen LogP contribution in [0.5, 0.6) is 0 Å². The van der Waals surface area contributed by atoms with Gasteiger partial charge in [-0.3, -0.25) is 0 Å². The van der Waals surface area contributed by atoms with E-state index in [1.54, 1.807) is 12.2 Å². The highest BCUT2D eigenvalue weighted by Gasteiger charge is 2.14. The lowest BCUT2D eigenvalue weighted by Gasteiger charge is -2.11. The van der Waals surface area contributed by atoms with Crippen LogP contribution in [-0.4, -0.2) is 26.3 Å². The molecule has 16 heavy (non-hydrogen) atoms. The highest BCUT2D eigenvalue weighted by atomic mass is 16.5. The zero-order valence-electron chi connectivity index (χ0n) is 10.3. The fraction of sp³-hybridized carbons (Fsp3) is 0.462. The Bertz CT molecular complexity index is 278. The SMILES string of the molecule is C=CC(C=C)=C(COC)C(=O)OCC(C)C. The summed E-state index contributed by atoms with van der Waals surface area (Å²) in [6.45, 7) is 11.8. The van der Waals surface area contributed by atoms with Crippen molar-refractivity contribution in [2.45, 2.75) is 13.8 Å². The molecule has 0 saturated carbocycles. The van der Waals surface area contributed by atoms with E-state index in [4.69, 9.17) is 9.47 Å². The van der Waals surface area contributed by atoms with Crippen molar-refractivity contribution in [3.63, 3.8) is 0 Å². The lowest BCUT2D eigenvalue weighted by molar-refractivity contribution is -0.140. The third kappa shape index (κ3) is 4.94. The summed E-state index contributed by atoms with van der Waals surface area (Å²) in [5, 5.41) is 0. The minimum Gasteiger partial charge on any atom is -0.462 e. The van der Waals surface area contributed by atoms with Crippen LogP contribution in [0.3, 0.4) is 0 Å². The highest BCUT2D eigenvalue weighted by Crippen LogP contribution is 2.10. The summed E-state index contributed by atoms with van der Waals surface area (Å²) in [5.74, 6) is -0.0611. The molecule has 0 aromatic heterocycles. The molecule has 0 atom stereocenters. The van der Waals surface area contributed by atoms with Gasteiger partial charge in [-0.05, 0) is 11.5 Å². The summed E-state index contributed by atoms with van der Waals surface area (Å²) in [6, 6.07) is 0. The Kier molecular flexibility index (Phi) is 7.21. The normalized spacial score (nSPS) is 9.75. The van der Waals surface area contributed by atoms with E-state index in [1.165, 1.54) is 7.11 Å². The number of esters is 1. The van der Waals surface area contributed by atoms with Crippen LogP contribution in [0.4, 0.5) is 0 Å². The Balaban J connectivity index is 4.77. The molecule has 0 aliphatic rings. The minimum absolute atomic E-state index is 0.199. The second-order valence-electron chi connectivity index (χ2n) is 3.77. The summed E-state index contributed by atoms with van der Waals surface area (Å²) in [7, 11) is 1.53. The van der Waals surface area contributed by atoms with Crippen LogP contribution in [0.15, 0.2) is 36.5 Å². The van der Waals surface area contributed by atoms with Crippen LogP contribution in [0.2, 0.25) is 0 Å². The molecule has 0 amide bonds. The third-order valence-electron chi connectivity index (χ3n) is 1.87. The number of methoxy groups -OCH3 is 1. The van der Waals surface area contributed by atoms with Gasteiger partial charge in [-0.1, -0.05) is 39.2 Å². The number of allylic oxidation sites excluding steroid dienone is 3. The number of ether oxygens (including phenoxy) is 2. The Hall–Kier alpha value is -1.35. The van der Waals surface area contributed by atoms with Gasteiger partial charge in [0.2, 0.25) is 0 Å². The molecule has 0 heterocycles. The van der Waals surface area contributed by atoms with Crippen LogP contribution < -0.4 is 0 Å². The van der Waals surface area contributed by atoms with Gasteiger partial charge in [0.15, 0.2) is 0 Å². The maximum absolute atomic E-state index is 11.7. The van der Waals surface area contributed by atoms with Gasteiger partial charge in [0.05, 0.1) is 18.8 Å². The zero-order valence-corrected chi connectivity index (χ0v) is 10.3. The summed E-state index contributed by atoms with van der Waals surface area (Å²) < 4.78 is 10.1. The maximum Gasteiger partial charge on any atom is 0.336 e. The summed E-state index contributed by atoms with van der Waals surface area (Å²) in [4.78, 5) is 11.7. The molecule has 0 spiro atoms. The molecule has 90 valence electrons. The molecule has 3 heteroatoms. The molecule has 3 nitrogen and oxygen atoms in total. The molecule has 0 radical (unpaired) electrons. The molecule has 0 aliphatic heterocycles. The Morgan fingerprint density at radius 2 is 1.88 bits per heavy atom. The topological polar surface area (TPSA) is 35.5 Å². The maximum atomic E-state index is 11.7. The number of hydrogen-bond acceptors (Lipinski definition) is 3. The van der Waals surface area contributed by atoms with E-state index in [9.17, 15) is 4.79 Å². The van der Waals surface area contributed by atoms with E-state index >= 15 is 0 Å². The molecule has 0 rings (SSSR count). The lowest BCUT2D eigenvalue weighted by atomic mass is 10.1. The second-order valence-corrected chi connectivity index (χ2v) is 3.77. The second kappa shape index (κ2) is 7.88. The number of hydrogen-bond donors (Lipinski definition) is 0. The standard InChI is InChI=1S/C13H20O3/c1-6-11(7-2)12(9-15-5)13(14)16-8-10(3)4/h6-7,10H,1-2,8-9H2,3-5H3. The Morgan fingerprint density at radius 3 is 2.25 bits per heavy atom. The average molecular weight is 224 g/mol. The van der Waals surface area contributed by atoms with Crippen molar-refractivity contribution in [1.82, 2.24) is 0 Å². The quantitative estimate of drug-likeness (QED) is 0.378. The first-order chi connectivity index (χ1) is 7.56. The Labute approximate surface area is 97.4 Å². The van der Waals surface area contributed by atoms with Gasteiger partial charge >= 0.3 is 5.97 Å². The number of carbonyl (C=O) groups excluding carboxylic acids is 1. The van der Waals surface area contributed by atoms with E-state index in [-0.39, 0.29) is 12.6 Å². The third-order valence-corrected chi connectivity index (χ3v) is 1.87. The summed E-state index contributed by atoms with van der Waals surface area (Å²) in [5.41, 5.74) is 1.10. The lowest BCUT2D eigenvalue weighted by Crippen LogP contribution is -2.16. The molecule has 0 aromatic carbocycles. The minimum atomic E-state index is -0.370. The van der Waals surface area contributed by atoms with E-state index in [0.29, 0.717) is 23.7 Å². The number of carbonyl (C=O) groups is 1. The van der Waals surface area contributed by atoms with Crippen LogP contribution in [0, 0.1) is 5.92 Å². The fourth-order valence-electron chi connectivity index (χ4n) is 1.06. The largest absolute Gasteiger partial charge is 0.462 e. The van der Waals surface area contributed by atoms with Gasteiger partial charge in [0.1, 0.15) is 0 Å². The van der Waals surface area contributed by atoms with E-state index < -0.39 is 0 Å². The molecule has 0 aromatic rings. The van der Waals surface area contributed by atoms with Gasteiger partial charge in [-0.2, -0.15) is 0 Å². The highest BCUT2D eigenvalue weighted by molar-refractivity contribution is 5.90. The van der Waals surface area contributed by atoms with Crippen LogP contribution in [-0.2, 0) is 14.3 Å². The van der Waals surface area contributed by atoms with Crippen LogP contribution in [0.1, 0.15) is 13.8 Å². The van der Waals surface area contributed by atoms with Crippen molar-refractivity contribution in [3.8, 4) is 0 Å². The molecule has 0 fully saturated rings. The first kappa shape index (κ1) is 14.6. The van der Waals surface area contributed by atoms with Crippen molar-refractivity contribution in [1.29, 1.82) is 0 Å². The number of rotatable bonds is 7. The molecule has 0 bridgehead atoms. The van der Waals surface area contributed by atoms with Gasteiger partial charge in [-0.15, -0.1) is 0 Å². The van der Waals surface area contributed by atoms with E-state index in [0.717, 1.165) is 0 Å². The predicted octanol–water partition coefficient (Wildman–Crippen LogP) is 2.50. The molecular weight excluding hydrogens is 204 g/mol. The predicted molar refractivity (Wildman–Crippen MR) is 65.1 cm³/mol. The van der Waals surface area contributed by atoms with E-state index in [2.05, 4.69) is 13.2 Å². The molecule has 0 unspecified atom stereocenters. The smallest absolute Gasteiger partial charge is 0.336 e. The summed E-state index contributed by atoms with van der Waals surface area (Å²) in [6.07, 6.45) is 3.13. The molecule has 0 aliphatic carbocycles. The van der Waals surface area contributed by atoms with Gasteiger partial charge < -0.3 is 9.47 Å². The van der Waals surface area contributed by atoms with Crippen molar-refractivity contribution >= 4 is 5.97 Å². The van der Waals surface area contributed by atoms with Crippen molar-refractivity contribution in [2.75, 3.05) is 20.3 Å². The zero-order chi connectivity index (χ0) is 12.6. The van der Waals surface area contributed by atoms with Crippen LogP contribution >= 0.6 is 0 Å². The summed E-state index contributed by atoms with van der Waals surface area (Å²) >= 11 is 0.